The zero-order chi connectivity index (χ0) is 12.3. The van der Waals surface area contributed by atoms with E-state index in [1.54, 1.807) is 7.05 Å². The topological polar surface area (TPSA) is 61.4 Å². The molecule has 92 valence electrons. The quantitative estimate of drug-likeness (QED) is 0.745. The molecule has 0 atom stereocenters. The zero-order valence-electron chi connectivity index (χ0n) is 10.5. The molecule has 0 unspecified atom stereocenters. The van der Waals surface area contributed by atoms with Crippen LogP contribution in [0.25, 0.3) is 0 Å². The van der Waals surface area contributed by atoms with Gasteiger partial charge in [-0.15, -0.1) is 0 Å². The standard InChI is InChI=1S/C11H21N3O2/c1-11(2,3)13-9(15)7-14(4)10(16)12-8-5-6-8/h8H,5-7H2,1-4H3,(H,12,16)(H,13,15). The summed E-state index contributed by atoms with van der Waals surface area (Å²) in [5.74, 6) is -0.138. The van der Waals surface area contributed by atoms with Gasteiger partial charge >= 0.3 is 6.03 Å². The third kappa shape index (κ3) is 5.00. The van der Waals surface area contributed by atoms with E-state index >= 15 is 0 Å². The van der Waals surface area contributed by atoms with Crippen LogP contribution in [0, 0.1) is 0 Å². The Kier molecular flexibility index (Phi) is 3.78. The summed E-state index contributed by atoms with van der Waals surface area (Å²) in [7, 11) is 1.62. The number of carbonyl (C=O) groups excluding carboxylic acids is 2. The zero-order valence-corrected chi connectivity index (χ0v) is 10.5. The molecule has 0 aromatic rings. The largest absolute Gasteiger partial charge is 0.350 e. The first kappa shape index (κ1) is 12.8. The van der Waals surface area contributed by atoms with Gasteiger partial charge in [-0.1, -0.05) is 0 Å². The highest BCUT2D eigenvalue weighted by molar-refractivity contribution is 5.84. The molecule has 3 amide bonds. The van der Waals surface area contributed by atoms with Crippen molar-refractivity contribution < 1.29 is 9.59 Å². The van der Waals surface area contributed by atoms with Crippen LogP contribution in [0.5, 0.6) is 0 Å². The number of urea groups is 1. The highest BCUT2D eigenvalue weighted by Crippen LogP contribution is 2.18. The van der Waals surface area contributed by atoms with Gasteiger partial charge in [0.25, 0.3) is 0 Å². The maximum atomic E-state index is 11.5. The molecule has 1 rings (SSSR count). The summed E-state index contributed by atoms with van der Waals surface area (Å²) < 4.78 is 0. The second-order valence-corrected chi connectivity index (χ2v) is 5.38. The molecule has 0 spiro atoms. The summed E-state index contributed by atoms with van der Waals surface area (Å²) in [4.78, 5) is 24.5. The molecular formula is C11H21N3O2. The van der Waals surface area contributed by atoms with Gasteiger partial charge in [-0.25, -0.2) is 4.79 Å². The maximum Gasteiger partial charge on any atom is 0.317 e. The van der Waals surface area contributed by atoms with Crippen molar-refractivity contribution in [1.82, 2.24) is 15.5 Å². The normalized spacial score (nSPS) is 15.5. The Morgan fingerprint density at radius 2 is 1.88 bits per heavy atom. The lowest BCUT2D eigenvalue weighted by atomic mass is 10.1. The Morgan fingerprint density at radius 1 is 1.31 bits per heavy atom. The summed E-state index contributed by atoms with van der Waals surface area (Å²) in [6, 6.07) is 0.146. The molecule has 0 heterocycles. The van der Waals surface area contributed by atoms with Crippen LogP contribution in [0.15, 0.2) is 0 Å². The second kappa shape index (κ2) is 4.72. The van der Waals surface area contributed by atoms with E-state index in [1.165, 1.54) is 4.90 Å². The summed E-state index contributed by atoms with van der Waals surface area (Å²) in [6.45, 7) is 5.83. The van der Waals surface area contributed by atoms with Crippen molar-refractivity contribution in [3.63, 3.8) is 0 Å². The number of rotatable bonds is 3. The Hall–Kier alpha value is -1.26. The molecule has 1 aliphatic carbocycles. The molecule has 1 aliphatic rings. The van der Waals surface area contributed by atoms with Crippen molar-refractivity contribution in [3.8, 4) is 0 Å². The van der Waals surface area contributed by atoms with E-state index in [4.69, 9.17) is 0 Å². The Labute approximate surface area is 96.6 Å². The molecule has 0 aliphatic heterocycles. The maximum absolute atomic E-state index is 11.5. The van der Waals surface area contributed by atoms with Gasteiger partial charge in [-0.3, -0.25) is 4.79 Å². The number of nitrogens with one attached hydrogen (secondary N) is 2. The van der Waals surface area contributed by atoms with Crippen LogP contribution in [0.4, 0.5) is 4.79 Å². The van der Waals surface area contributed by atoms with E-state index in [-0.39, 0.29) is 24.0 Å². The van der Waals surface area contributed by atoms with Crippen LogP contribution in [0.2, 0.25) is 0 Å². The fourth-order valence-electron chi connectivity index (χ4n) is 1.26. The van der Waals surface area contributed by atoms with Gasteiger partial charge in [0.1, 0.15) is 6.54 Å². The molecule has 1 fully saturated rings. The summed E-state index contributed by atoms with van der Waals surface area (Å²) >= 11 is 0. The molecule has 5 heteroatoms. The Balaban J connectivity index is 2.29. The molecule has 0 aromatic carbocycles. The molecule has 2 N–H and O–H groups in total. The van der Waals surface area contributed by atoms with Crippen molar-refractivity contribution in [2.45, 2.75) is 45.2 Å². The van der Waals surface area contributed by atoms with E-state index < -0.39 is 0 Å². The van der Waals surface area contributed by atoms with Crippen LogP contribution >= 0.6 is 0 Å². The number of nitrogens with zero attached hydrogens (tertiary/aromatic N) is 1. The van der Waals surface area contributed by atoms with Crippen molar-refractivity contribution in [2.24, 2.45) is 0 Å². The van der Waals surface area contributed by atoms with E-state index in [1.807, 2.05) is 20.8 Å². The monoisotopic (exact) mass is 227 g/mol. The van der Waals surface area contributed by atoms with Gasteiger partial charge in [-0.2, -0.15) is 0 Å². The Morgan fingerprint density at radius 3 is 2.31 bits per heavy atom. The molecule has 16 heavy (non-hydrogen) atoms. The fourth-order valence-corrected chi connectivity index (χ4v) is 1.26. The summed E-state index contributed by atoms with van der Waals surface area (Å²) in [5.41, 5.74) is -0.259. The summed E-state index contributed by atoms with van der Waals surface area (Å²) in [6.07, 6.45) is 2.10. The molecule has 0 radical (unpaired) electrons. The Bertz CT molecular complexity index is 279. The molecule has 1 saturated carbocycles. The first-order chi connectivity index (χ1) is 7.28. The minimum atomic E-state index is -0.259. The minimum absolute atomic E-state index is 0.0931. The van der Waals surface area contributed by atoms with Gasteiger partial charge in [0.2, 0.25) is 5.91 Å². The van der Waals surface area contributed by atoms with E-state index in [0.717, 1.165) is 12.8 Å². The first-order valence-electron chi connectivity index (χ1n) is 5.60. The van der Waals surface area contributed by atoms with E-state index in [9.17, 15) is 9.59 Å². The van der Waals surface area contributed by atoms with Crippen molar-refractivity contribution in [2.75, 3.05) is 13.6 Å². The van der Waals surface area contributed by atoms with E-state index in [0.29, 0.717) is 6.04 Å². The molecule has 5 nitrogen and oxygen atoms in total. The third-order valence-electron chi connectivity index (χ3n) is 2.15. The first-order valence-corrected chi connectivity index (χ1v) is 5.60. The summed E-state index contributed by atoms with van der Waals surface area (Å²) in [5, 5.41) is 5.64. The molecule has 0 bridgehead atoms. The predicted molar refractivity (Wildman–Crippen MR) is 62.1 cm³/mol. The second-order valence-electron chi connectivity index (χ2n) is 5.38. The van der Waals surface area contributed by atoms with Crippen molar-refractivity contribution in [3.05, 3.63) is 0 Å². The number of carbonyl (C=O) groups is 2. The highest BCUT2D eigenvalue weighted by atomic mass is 16.2. The van der Waals surface area contributed by atoms with Gasteiger partial charge < -0.3 is 15.5 Å². The fraction of sp³-hybridized carbons (Fsp3) is 0.818. The van der Waals surface area contributed by atoms with Gasteiger partial charge in [0, 0.05) is 18.6 Å². The van der Waals surface area contributed by atoms with Crippen LogP contribution in [-0.2, 0) is 4.79 Å². The van der Waals surface area contributed by atoms with Crippen molar-refractivity contribution in [1.29, 1.82) is 0 Å². The lowest BCUT2D eigenvalue weighted by molar-refractivity contribution is -0.122. The van der Waals surface area contributed by atoms with Crippen LogP contribution in [-0.4, -0.2) is 42.0 Å². The number of hydrogen-bond donors (Lipinski definition) is 2. The average Bonchev–Trinajstić information content (AvgIpc) is 2.83. The van der Waals surface area contributed by atoms with Crippen molar-refractivity contribution >= 4 is 11.9 Å². The van der Waals surface area contributed by atoms with Gasteiger partial charge in [-0.05, 0) is 33.6 Å². The SMILES string of the molecule is CN(CC(=O)NC(C)(C)C)C(=O)NC1CC1. The lowest BCUT2D eigenvalue weighted by Crippen LogP contribution is -2.48. The average molecular weight is 227 g/mol. The smallest absolute Gasteiger partial charge is 0.317 e. The van der Waals surface area contributed by atoms with Crippen LogP contribution in [0.3, 0.4) is 0 Å². The van der Waals surface area contributed by atoms with Crippen LogP contribution in [0.1, 0.15) is 33.6 Å². The minimum Gasteiger partial charge on any atom is -0.350 e. The number of hydrogen-bond acceptors (Lipinski definition) is 2. The van der Waals surface area contributed by atoms with E-state index in [2.05, 4.69) is 10.6 Å². The van der Waals surface area contributed by atoms with Crippen LogP contribution < -0.4 is 10.6 Å². The highest BCUT2D eigenvalue weighted by Gasteiger charge is 2.25. The van der Waals surface area contributed by atoms with Gasteiger partial charge in [0.05, 0.1) is 0 Å². The molecule has 0 aromatic heterocycles. The molecular weight excluding hydrogens is 206 g/mol. The third-order valence-corrected chi connectivity index (χ3v) is 2.15. The lowest BCUT2D eigenvalue weighted by Gasteiger charge is -2.23. The molecule has 0 saturated heterocycles. The van der Waals surface area contributed by atoms with Gasteiger partial charge in [0.15, 0.2) is 0 Å². The number of likely N-dealkylation sites (N-methyl/N-ethyl adjacent to an activating group) is 1. The number of amides is 3. The predicted octanol–water partition coefficient (Wildman–Crippen LogP) is 0.705.